The Kier molecular flexibility index (Phi) is 4.10. The molecule has 0 fully saturated rings. The number of hydrogen-bond donors (Lipinski definition) is 1. The number of hydrogen-bond acceptors (Lipinski definition) is 5. The van der Waals surface area contributed by atoms with E-state index in [4.69, 9.17) is 11.6 Å². The van der Waals surface area contributed by atoms with Crippen LogP contribution in [0.4, 0.5) is 11.4 Å². The Balaban J connectivity index is 1.88. The number of anilines is 1. The third-order valence-corrected chi connectivity index (χ3v) is 6.06. The first-order valence-corrected chi connectivity index (χ1v) is 8.63. The Hall–Kier alpha value is -1.24. The molecule has 21 heavy (non-hydrogen) atoms. The molecule has 1 aliphatic heterocycles. The number of fused-ring (bicyclic) bond motifs is 1. The fraction of sp³-hybridized carbons (Fsp3) is 0.286. The topological polar surface area (TPSA) is 55.2 Å². The van der Waals surface area contributed by atoms with E-state index in [1.165, 1.54) is 15.8 Å². The summed E-state index contributed by atoms with van der Waals surface area (Å²) >= 11 is 9.49. The van der Waals surface area contributed by atoms with Crippen molar-refractivity contribution >= 4 is 46.1 Å². The Bertz CT molecular complexity index is 689. The molecular formula is C14H13ClN2O2S2. The molecule has 0 spiro atoms. The minimum atomic E-state index is -0.455. The van der Waals surface area contributed by atoms with Gasteiger partial charge < -0.3 is 5.32 Å². The Morgan fingerprint density at radius 2 is 2.24 bits per heavy atom. The van der Waals surface area contributed by atoms with E-state index in [2.05, 4.69) is 23.7 Å². The van der Waals surface area contributed by atoms with Gasteiger partial charge in [0.2, 0.25) is 0 Å². The molecule has 2 atom stereocenters. The molecule has 0 bridgehead atoms. The van der Waals surface area contributed by atoms with Gasteiger partial charge in [0.1, 0.15) is 5.02 Å². The lowest BCUT2D eigenvalue weighted by Crippen LogP contribution is -2.19. The predicted molar refractivity (Wildman–Crippen MR) is 88.7 cm³/mol. The predicted octanol–water partition coefficient (Wildman–Crippen LogP) is 5.35. The summed E-state index contributed by atoms with van der Waals surface area (Å²) in [4.78, 5) is 10.5. The second-order valence-electron chi connectivity index (χ2n) is 4.95. The van der Waals surface area contributed by atoms with Gasteiger partial charge in [-0.3, -0.25) is 10.1 Å². The molecule has 1 aliphatic rings. The first-order valence-electron chi connectivity index (χ1n) is 6.49. The SMILES string of the molecule is C[C@H]1CC(Nc2ccc(Cl)c([N+](=O)[O-])c2)c2ccsc2S1. The van der Waals surface area contributed by atoms with Crippen molar-refractivity contribution < 1.29 is 4.92 Å². The summed E-state index contributed by atoms with van der Waals surface area (Å²) < 4.78 is 1.33. The Morgan fingerprint density at radius 1 is 1.43 bits per heavy atom. The molecular weight excluding hydrogens is 328 g/mol. The average Bonchev–Trinajstić information content (AvgIpc) is 2.88. The zero-order valence-electron chi connectivity index (χ0n) is 11.2. The maximum Gasteiger partial charge on any atom is 0.289 e. The van der Waals surface area contributed by atoms with E-state index in [1.807, 2.05) is 11.8 Å². The molecule has 1 N–H and O–H groups in total. The highest BCUT2D eigenvalue weighted by Gasteiger charge is 2.26. The number of thioether (sulfide) groups is 1. The third kappa shape index (κ3) is 3.02. The molecule has 1 aromatic heterocycles. The van der Waals surface area contributed by atoms with Crippen LogP contribution in [0, 0.1) is 10.1 Å². The van der Waals surface area contributed by atoms with Crippen molar-refractivity contribution in [1.29, 1.82) is 0 Å². The van der Waals surface area contributed by atoms with Crippen molar-refractivity contribution in [2.24, 2.45) is 0 Å². The lowest BCUT2D eigenvalue weighted by atomic mass is 10.0. The first kappa shape index (κ1) is 14.7. The molecule has 4 nitrogen and oxygen atoms in total. The van der Waals surface area contributed by atoms with Gasteiger partial charge in [0.15, 0.2) is 0 Å². The van der Waals surface area contributed by atoms with E-state index in [0.29, 0.717) is 5.25 Å². The van der Waals surface area contributed by atoms with Gasteiger partial charge in [-0.1, -0.05) is 18.5 Å². The van der Waals surface area contributed by atoms with Crippen LogP contribution in [0.1, 0.15) is 24.9 Å². The van der Waals surface area contributed by atoms with Crippen LogP contribution in [0.15, 0.2) is 33.9 Å². The molecule has 2 heterocycles. The molecule has 3 rings (SSSR count). The van der Waals surface area contributed by atoms with Crippen molar-refractivity contribution in [2.45, 2.75) is 28.8 Å². The zero-order valence-corrected chi connectivity index (χ0v) is 13.6. The second kappa shape index (κ2) is 5.87. The van der Waals surface area contributed by atoms with Crippen LogP contribution < -0.4 is 5.32 Å². The number of nitro benzene ring substituents is 1. The molecule has 1 unspecified atom stereocenters. The fourth-order valence-electron chi connectivity index (χ4n) is 2.43. The van der Waals surface area contributed by atoms with E-state index < -0.39 is 4.92 Å². The molecule has 1 aromatic carbocycles. The van der Waals surface area contributed by atoms with E-state index in [9.17, 15) is 10.1 Å². The molecule has 0 radical (unpaired) electrons. The second-order valence-corrected chi connectivity index (χ2v) is 7.98. The number of rotatable bonds is 3. The van der Waals surface area contributed by atoms with Crippen LogP contribution in [0.3, 0.4) is 0 Å². The quantitative estimate of drug-likeness (QED) is 0.604. The highest BCUT2D eigenvalue weighted by Crippen LogP contribution is 2.45. The van der Waals surface area contributed by atoms with Gasteiger partial charge in [-0.05, 0) is 35.6 Å². The van der Waals surface area contributed by atoms with Crippen molar-refractivity contribution in [3.8, 4) is 0 Å². The van der Waals surface area contributed by atoms with Gasteiger partial charge in [0.05, 0.1) is 15.2 Å². The van der Waals surface area contributed by atoms with Gasteiger partial charge in [-0.2, -0.15) is 0 Å². The number of halogens is 1. The lowest BCUT2D eigenvalue weighted by molar-refractivity contribution is -0.384. The number of benzene rings is 1. The van der Waals surface area contributed by atoms with E-state index in [-0.39, 0.29) is 16.8 Å². The van der Waals surface area contributed by atoms with Gasteiger partial charge in [0, 0.05) is 17.0 Å². The minimum absolute atomic E-state index is 0.0644. The van der Waals surface area contributed by atoms with Gasteiger partial charge in [0.25, 0.3) is 5.69 Å². The third-order valence-electron chi connectivity index (χ3n) is 3.39. The van der Waals surface area contributed by atoms with Gasteiger partial charge in [-0.15, -0.1) is 23.1 Å². The lowest BCUT2D eigenvalue weighted by Gasteiger charge is -2.28. The van der Waals surface area contributed by atoms with Crippen LogP contribution in [0.25, 0.3) is 0 Å². The maximum atomic E-state index is 11.0. The standard InChI is InChI=1S/C14H13ClN2O2S2/c1-8-6-12(10-4-5-20-14(10)21-8)16-9-2-3-11(15)13(7-9)17(18)19/h2-5,7-8,12,16H,6H2,1H3/t8-,12?/m0/s1. The minimum Gasteiger partial charge on any atom is -0.378 e. The molecule has 2 aromatic rings. The highest BCUT2D eigenvalue weighted by molar-refractivity contribution is 8.01. The van der Waals surface area contributed by atoms with Crippen molar-refractivity contribution in [1.82, 2.24) is 0 Å². The van der Waals surface area contributed by atoms with Crippen LogP contribution in [-0.2, 0) is 0 Å². The largest absolute Gasteiger partial charge is 0.378 e. The number of nitrogens with zero attached hydrogens (tertiary/aromatic N) is 1. The summed E-state index contributed by atoms with van der Waals surface area (Å²) in [5.74, 6) is 0. The van der Waals surface area contributed by atoms with Crippen molar-refractivity contribution in [2.75, 3.05) is 5.32 Å². The smallest absolute Gasteiger partial charge is 0.289 e. The van der Waals surface area contributed by atoms with E-state index in [0.717, 1.165) is 12.1 Å². The highest BCUT2D eigenvalue weighted by atomic mass is 35.5. The summed E-state index contributed by atoms with van der Waals surface area (Å²) in [5, 5.41) is 17.2. The van der Waals surface area contributed by atoms with E-state index >= 15 is 0 Å². The molecule has 0 saturated heterocycles. The van der Waals surface area contributed by atoms with Crippen molar-refractivity contribution in [3.63, 3.8) is 0 Å². The normalized spacial score (nSPS) is 20.9. The molecule has 110 valence electrons. The summed E-state index contributed by atoms with van der Waals surface area (Å²) in [5.41, 5.74) is 1.94. The maximum absolute atomic E-state index is 11.0. The molecule has 0 aliphatic carbocycles. The van der Waals surface area contributed by atoms with Crippen LogP contribution in [0.5, 0.6) is 0 Å². The zero-order chi connectivity index (χ0) is 15.0. The fourth-order valence-corrected chi connectivity index (χ4v) is 5.18. The number of thiophene rings is 1. The molecule has 0 saturated carbocycles. The van der Waals surface area contributed by atoms with Crippen LogP contribution >= 0.6 is 34.7 Å². The van der Waals surface area contributed by atoms with Gasteiger partial charge in [-0.25, -0.2) is 0 Å². The van der Waals surface area contributed by atoms with Crippen LogP contribution in [0.2, 0.25) is 5.02 Å². The monoisotopic (exact) mass is 340 g/mol. The van der Waals surface area contributed by atoms with Crippen LogP contribution in [-0.4, -0.2) is 10.2 Å². The van der Waals surface area contributed by atoms with Gasteiger partial charge >= 0.3 is 0 Å². The van der Waals surface area contributed by atoms with E-state index in [1.54, 1.807) is 23.5 Å². The first-order chi connectivity index (χ1) is 10.0. The summed E-state index contributed by atoms with van der Waals surface area (Å²) in [7, 11) is 0. The number of nitro groups is 1. The number of nitrogens with one attached hydrogen (secondary N) is 1. The molecule has 0 amide bonds. The molecule has 7 heteroatoms. The Morgan fingerprint density at radius 3 is 3.00 bits per heavy atom. The Labute approximate surface area is 135 Å². The van der Waals surface area contributed by atoms with Crippen molar-refractivity contribution in [3.05, 3.63) is 50.3 Å². The average molecular weight is 341 g/mol. The summed E-state index contributed by atoms with van der Waals surface area (Å²) in [6, 6.07) is 7.16. The summed E-state index contributed by atoms with van der Waals surface area (Å²) in [6.07, 6.45) is 0.991. The summed E-state index contributed by atoms with van der Waals surface area (Å²) in [6.45, 7) is 2.20.